The van der Waals surface area contributed by atoms with Gasteiger partial charge in [-0.1, -0.05) is 56.3 Å². The van der Waals surface area contributed by atoms with Crippen LogP contribution in [0.15, 0.2) is 35.5 Å². The Labute approximate surface area is 134 Å². The van der Waals surface area contributed by atoms with E-state index in [9.17, 15) is 0 Å². The molecule has 2 nitrogen and oxygen atoms in total. The first-order valence-corrected chi connectivity index (χ1v) is 7.71. The second kappa shape index (κ2) is 8.83. The van der Waals surface area contributed by atoms with E-state index in [1.54, 1.807) is 0 Å². The summed E-state index contributed by atoms with van der Waals surface area (Å²) in [5.74, 6) is 0.590. The van der Waals surface area contributed by atoms with Crippen molar-refractivity contribution in [1.29, 1.82) is 0 Å². The monoisotopic (exact) mass is 303 g/mol. The number of halogens is 1. The predicted molar refractivity (Wildman–Crippen MR) is 96.0 cm³/mol. The lowest BCUT2D eigenvalue weighted by Crippen LogP contribution is -2.31. The van der Waals surface area contributed by atoms with Gasteiger partial charge in [0.2, 0.25) is 0 Å². The van der Waals surface area contributed by atoms with Crippen molar-refractivity contribution in [2.24, 2.45) is 7.05 Å². The van der Waals surface area contributed by atoms with E-state index in [2.05, 4.69) is 46.0 Å². The Balaban J connectivity index is 2.54. The Morgan fingerprint density at radius 1 is 1.48 bits per heavy atom. The van der Waals surface area contributed by atoms with Crippen molar-refractivity contribution in [3.63, 3.8) is 0 Å². The van der Waals surface area contributed by atoms with Crippen molar-refractivity contribution >= 4 is 31.7 Å². The number of hydrogen-bond acceptors (Lipinski definition) is 1. The van der Waals surface area contributed by atoms with Gasteiger partial charge >= 0.3 is 0 Å². The van der Waals surface area contributed by atoms with Crippen LogP contribution < -0.4 is 15.9 Å². The van der Waals surface area contributed by atoms with Crippen LogP contribution in [0.25, 0.3) is 12.8 Å². The van der Waals surface area contributed by atoms with Gasteiger partial charge < -0.3 is 9.88 Å². The van der Waals surface area contributed by atoms with Crippen molar-refractivity contribution in [3.8, 4) is 0 Å². The zero-order chi connectivity index (χ0) is 15.8. The molecule has 1 heterocycles. The maximum Gasteiger partial charge on any atom is 0.117 e. The Morgan fingerprint density at radius 3 is 2.76 bits per heavy atom. The lowest BCUT2D eigenvalue weighted by atomic mass is 9.64. The van der Waals surface area contributed by atoms with Gasteiger partial charge in [-0.05, 0) is 24.3 Å². The number of nitrogens with one attached hydrogen (secondary N) is 1. The molecule has 1 N–H and O–H groups in total. The number of aryl methyl sites for hydroxylation is 1. The summed E-state index contributed by atoms with van der Waals surface area (Å²) < 4.78 is 2.04. The smallest absolute Gasteiger partial charge is 0.117 e. The minimum Gasteiger partial charge on any atom is -0.383 e. The Bertz CT molecular complexity index is 599. The molecular weight excluding hydrogens is 278 g/mol. The second-order valence-electron chi connectivity index (χ2n) is 5.60. The molecule has 1 unspecified atom stereocenters. The van der Waals surface area contributed by atoms with Gasteiger partial charge in [0, 0.05) is 30.5 Å². The molecule has 1 aromatic rings. The van der Waals surface area contributed by atoms with Crippen molar-refractivity contribution in [2.45, 2.75) is 39.0 Å². The van der Waals surface area contributed by atoms with Crippen molar-refractivity contribution < 1.29 is 0 Å². The SMILES string of the molecule is C=c1ccn(C)/c1=C\NC(C)/C=C\C(Cl)=C/C[B]C(C)C. The molecule has 1 atom stereocenters. The van der Waals surface area contributed by atoms with E-state index in [-0.39, 0.29) is 6.04 Å². The van der Waals surface area contributed by atoms with E-state index in [1.165, 1.54) is 0 Å². The molecule has 0 aliphatic rings. The molecule has 0 saturated carbocycles. The number of rotatable bonds is 7. The van der Waals surface area contributed by atoms with Crippen LogP contribution in [0.4, 0.5) is 0 Å². The minimum absolute atomic E-state index is 0.204. The molecule has 1 radical (unpaired) electrons. The van der Waals surface area contributed by atoms with E-state index in [1.807, 2.05) is 42.2 Å². The molecule has 0 saturated heterocycles. The number of nitrogens with zero attached hydrogens (tertiary/aromatic N) is 1. The van der Waals surface area contributed by atoms with Crippen LogP contribution in [0, 0.1) is 0 Å². The largest absolute Gasteiger partial charge is 0.383 e. The first kappa shape index (κ1) is 17.7. The van der Waals surface area contributed by atoms with Gasteiger partial charge in [0.15, 0.2) is 0 Å². The molecule has 1 aromatic heterocycles. The highest BCUT2D eigenvalue weighted by atomic mass is 35.5. The predicted octanol–water partition coefficient (Wildman–Crippen LogP) is 2.78. The van der Waals surface area contributed by atoms with E-state index in [0.717, 1.165) is 21.9 Å². The molecule has 4 heteroatoms. The zero-order valence-corrected chi connectivity index (χ0v) is 14.2. The quantitative estimate of drug-likeness (QED) is 0.605. The molecule has 0 aliphatic heterocycles. The summed E-state index contributed by atoms with van der Waals surface area (Å²) >= 11 is 6.16. The third-order valence-electron chi connectivity index (χ3n) is 3.16. The minimum atomic E-state index is 0.204. The lowest BCUT2D eigenvalue weighted by Gasteiger charge is -2.06. The fourth-order valence-corrected chi connectivity index (χ4v) is 1.97. The molecule has 1 rings (SSSR count). The molecule has 21 heavy (non-hydrogen) atoms. The molecule has 0 amide bonds. The lowest BCUT2D eigenvalue weighted by molar-refractivity contribution is 0.789. The highest BCUT2D eigenvalue weighted by Crippen LogP contribution is 2.08. The van der Waals surface area contributed by atoms with Gasteiger partial charge in [-0.25, -0.2) is 0 Å². The van der Waals surface area contributed by atoms with Crippen LogP contribution >= 0.6 is 11.6 Å². The van der Waals surface area contributed by atoms with Crippen LogP contribution in [0.3, 0.4) is 0 Å². The third-order valence-corrected chi connectivity index (χ3v) is 3.44. The number of hydrogen-bond donors (Lipinski definition) is 1. The number of allylic oxidation sites excluding steroid dienone is 3. The van der Waals surface area contributed by atoms with Crippen molar-refractivity contribution in [1.82, 2.24) is 9.88 Å². The standard InChI is InChI=1S/C17H25BClN2/c1-13(2)18-10-8-16(19)7-6-15(4)20-12-17-14(3)9-11-21(17)5/h6-9,11-13,15,20H,3,10H2,1-2,4-5H3/b7-6-,16-8+,17-12-. The van der Waals surface area contributed by atoms with Crippen LogP contribution in [0.5, 0.6) is 0 Å². The molecule has 0 aliphatic carbocycles. The van der Waals surface area contributed by atoms with Gasteiger partial charge in [-0.15, -0.1) is 0 Å². The average Bonchev–Trinajstić information content (AvgIpc) is 2.73. The first-order chi connectivity index (χ1) is 9.90. The Hall–Kier alpha value is -1.35. The van der Waals surface area contributed by atoms with Gasteiger partial charge in [0.1, 0.15) is 7.28 Å². The second-order valence-corrected chi connectivity index (χ2v) is 6.04. The van der Waals surface area contributed by atoms with Crippen LogP contribution in [-0.2, 0) is 7.05 Å². The molecule has 0 fully saturated rings. The summed E-state index contributed by atoms with van der Waals surface area (Å²) in [5, 5.41) is 6.21. The van der Waals surface area contributed by atoms with Crippen molar-refractivity contribution in [2.75, 3.05) is 0 Å². The van der Waals surface area contributed by atoms with E-state index < -0.39 is 0 Å². The van der Waals surface area contributed by atoms with Crippen LogP contribution in [-0.4, -0.2) is 17.9 Å². The summed E-state index contributed by atoms with van der Waals surface area (Å²) in [6.07, 6.45) is 10.9. The Morgan fingerprint density at radius 2 is 2.19 bits per heavy atom. The van der Waals surface area contributed by atoms with E-state index in [4.69, 9.17) is 11.6 Å². The topological polar surface area (TPSA) is 17.0 Å². The fourth-order valence-electron chi connectivity index (χ4n) is 1.81. The average molecular weight is 304 g/mol. The van der Waals surface area contributed by atoms with Gasteiger partial charge in [-0.2, -0.15) is 0 Å². The number of aromatic nitrogens is 1. The Kier molecular flexibility index (Phi) is 7.45. The fraction of sp³-hybridized carbons (Fsp3) is 0.412. The summed E-state index contributed by atoms with van der Waals surface area (Å²) in [5.41, 5.74) is 0. The summed E-state index contributed by atoms with van der Waals surface area (Å²) in [4.78, 5) is 0. The molecular formula is C17H25BClN2. The maximum absolute atomic E-state index is 6.16. The molecule has 0 bridgehead atoms. The van der Waals surface area contributed by atoms with Gasteiger partial charge in [0.05, 0.1) is 5.35 Å². The maximum atomic E-state index is 6.16. The highest BCUT2D eigenvalue weighted by Gasteiger charge is 1.96. The first-order valence-electron chi connectivity index (χ1n) is 7.34. The van der Waals surface area contributed by atoms with Gasteiger partial charge in [-0.3, -0.25) is 0 Å². The summed E-state index contributed by atoms with van der Waals surface area (Å²) in [6, 6.07) is 2.20. The van der Waals surface area contributed by atoms with E-state index >= 15 is 0 Å². The van der Waals surface area contributed by atoms with Crippen molar-refractivity contribution in [3.05, 3.63) is 46.1 Å². The zero-order valence-electron chi connectivity index (χ0n) is 13.4. The third kappa shape index (κ3) is 6.77. The summed E-state index contributed by atoms with van der Waals surface area (Å²) in [6.45, 7) is 10.4. The highest BCUT2D eigenvalue weighted by molar-refractivity contribution is 6.38. The normalized spacial score (nSPS) is 15.0. The molecule has 0 aromatic carbocycles. The molecule has 0 spiro atoms. The molecule has 113 valence electrons. The van der Waals surface area contributed by atoms with Gasteiger partial charge in [0.25, 0.3) is 0 Å². The van der Waals surface area contributed by atoms with Crippen LogP contribution in [0.2, 0.25) is 12.1 Å². The van der Waals surface area contributed by atoms with Crippen LogP contribution in [0.1, 0.15) is 20.8 Å². The summed E-state index contributed by atoms with van der Waals surface area (Å²) in [7, 11) is 4.24. The van der Waals surface area contributed by atoms with E-state index in [0.29, 0.717) is 5.82 Å².